The standard InChI is InChI=1S/C22H37N5O9S.2C2H6/c1-14(28)10-15(21(33)25-18(30)12-23)26(2)20(32)13-36-9-8-35-7-5-24-17(29)4-6-27-19(31)11-16(37-3)22(27)34;2*1-2/h15-16,18,30H,4-13,23H2,1-3H3,(H,24,29)(H,25,33);2*1-2H3. The number of likely N-dealkylation sites (N-methyl/N-ethyl adjacent to an activating group) is 1. The Morgan fingerprint density at radius 1 is 1.12 bits per heavy atom. The van der Waals surface area contributed by atoms with Gasteiger partial charge in [0.2, 0.25) is 29.5 Å². The zero-order valence-corrected chi connectivity index (χ0v) is 26.2. The first-order valence-corrected chi connectivity index (χ1v) is 15.0. The Kier molecular flexibility index (Phi) is 23.8. The van der Waals surface area contributed by atoms with Gasteiger partial charge in [0, 0.05) is 45.9 Å². The van der Waals surface area contributed by atoms with Gasteiger partial charge in [0.15, 0.2) is 0 Å². The molecule has 3 unspecified atom stereocenters. The molecule has 15 heteroatoms. The van der Waals surface area contributed by atoms with Crippen molar-refractivity contribution in [2.45, 2.75) is 71.4 Å². The molecule has 14 nitrogen and oxygen atoms in total. The fraction of sp³-hybridized carbons (Fsp3) is 0.769. The average molecular weight is 608 g/mol. The van der Waals surface area contributed by atoms with Crippen LogP contribution in [0.15, 0.2) is 0 Å². The number of nitrogens with one attached hydrogen (secondary N) is 2. The number of nitrogens with zero attached hydrogens (tertiary/aromatic N) is 2. The normalized spacial score (nSPS) is 15.5. The van der Waals surface area contributed by atoms with Crippen molar-refractivity contribution in [3.05, 3.63) is 0 Å². The van der Waals surface area contributed by atoms with Crippen LogP contribution in [-0.4, -0.2) is 127 Å². The lowest BCUT2D eigenvalue weighted by molar-refractivity contribution is -0.145. The molecule has 0 aromatic carbocycles. The Morgan fingerprint density at radius 3 is 2.27 bits per heavy atom. The van der Waals surface area contributed by atoms with Crippen molar-refractivity contribution in [1.82, 2.24) is 20.4 Å². The van der Waals surface area contributed by atoms with Gasteiger partial charge in [0.1, 0.15) is 24.7 Å². The Morgan fingerprint density at radius 2 is 1.73 bits per heavy atom. The molecular formula is C26H49N5O9S. The van der Waals surface area contributed by atoms with Gasteiger partial charge in [0.25, 0.3) is 0 Å². The first-order valence-electron chi connectivity index (χ1n) is 13.7. The van der Waals surface area contributed by atoms with Crippen LogP contribution in [0.2, 0.25) is 0 Å². The van der Waals surface area contributed by atoms with E-state index in [4.69, 9.17) is 15.2 Å². The molecule has 1 aliphatic heterocycles. The molecule has 0 aromatic heterocycles. The van der Waals surface area contributed by atoms with Crippen molar-refractivity contribution in [1.29, 1.82) is 0 Å². The third kappa shape index (κ3) is 16.4. The third-order valence-corrected chi connectivity index (χ3v) is 6.33. The molecule has 5 N–H and O–H groups in total. The van der Waals surface area contributed by atoms with Crippen LogP contribution in [0.3, 0.4) is 0 Å². The van der Waals surface area contributed by atoms with E-state index in [0.29, 0.717) is 0 Å². The monoisotopic (exact) mass is 607 g/mol. The molecular weight excluding hydrogens is 558 g/mol. The summed E-state index contributed by atoms with van der Waals surface area (Å²) in [5.41, 5.74) is 5.26. The number of carbonyl (C=O) groups excluding carboxylic acids is 6. The molecule has 0 radical (unpaired) electrons. The number of thioether (sulfide) groups is 1. The molecule has 5 amide bonds. The van der Waals surface area contributed by atoms with Crippen molar-refractivity contribution in [2.24, 2.45) is 5.73 Å². The van der Waals surface area contributed by atoms with Crippen molar-refractivity contribution in [3.8, 4) is 0 Å². The second kappa shape index (κ2) is 24.1. The van der Waals surface area contributed by atoms with Gasteiger partial charge < -0.3 is 35.8 Å². The number of hydrogen-bond acceptors (Lipinski definition) is 11. The maximum atomic E-state index is 12.4. The number of ether oxygens (including phenoxy) is 2. The fourth-order valence-electron chi connectivity index (χ4n) is 3.29. The number of aliphatic hydroxyl groups excluding tert-OH is 1. The van der Waals surface area contributed by atoms with Crippen LogP contribution in [0.25, 0.3) is 0 Å². The summed E-state index contributed by atoms with van der Waals surface area (Å²) < 4.78 is 10.6. The van der Waals surface area contributed by atoms with Crippen LogP contribution in [0.5, 0.6) is 0 Å². The summed E-state index contributed by atoms with van der Waals surface area (Å²) in [4.78, 5) is 74.1. The van der Waals surface area contributed by atoms with E-state index >= 15 is 0 Å². The Labute approximate surface area is 247 Å². The average Bonchev–Trinajstić information content (AvgIpc) is 3.24. The van der Waals surface area contributed by atoms with Crippen molar-refractivity contribution < 1.29 is 43.3 Å². The fourth-order valence-corrected chi connectivity index (χ4v) is 3.93. The van der Waals surface area contributed by atoms with E-state index in [9.17, 15) is 33.9 Å². The smallest absolute Gasteiger partial charge is 0.249 e. The number of imide groups is 1. The van der Waals surface area contributed by atoms with Crippen LogP contribution in [0, 0.1) is 0 Å². The van der Waals surface area contributed by atoms with Crippen LogP contribution >= 0.6 is 11.8 Å². The largest absolute Gasteiger partial charge is 0.377 e. The number of likely N-dealkylation sites (tertiary alicyclic amines) is 1. The lowest BCUT2D eigenvalue weighted by atomic mass is 10.1. The molecule has 0 bridgehead atoms. The number of Topliss-reactive ketones (excluding diaryl/α,β-unsaturated/α-hetero) is 1. The highest BCUT2D eigenvalue weighted by atomic mass is 32.2. The third-order valence-electron chi connectivity index (χ3n) is 5.39. The zero-order valence-electron chi connectivity index (χ0n) is 25.4. The summed E-state index contributed by atoms with van der Waals surface area (Å²) >= 11 is 1.32. The number of aliphatic hydroxyl groups is 1. The van der Waals surface area contributed by atoms with E-state index < -0.39 is 24.1 Å². The summed E-state index contributed by atoms with van der Waals surface area (Å²) in [6.45, 7) is 9.35. The molecule has 0 aliphatic carbocycles. The van der Waals surface area contributed by atoms with Crippen molar-refractivity contribution in [3.63, 3.8) is 0 Å². The number of ketones is 1. The van der Waals surface area contributed by atoms with E-state index in [1.54, 1.807) is 6.26 Å². The van der Waals surface area contributed by atoms with E-state index in [2.05, 4.69) is 10.6 Å². The van der Waals surface area contributed by atoms with Gasteiger partial charge in [-0.1, -0.05) is 27.7 Å². The Bertz CT molecular complexity index is 831. The van der Waals surface area contributed by atoms with E-state index in [-0.39, 0.29) is 94.1 Å². The minimum atomic E-state index is -1.30. The Balaban J connectivity index is 0. The highest BCUT2D eigenvalue weighted by molar-refractivity contribution is 8.00. The number of carbonyl (C=O) groups is 6. The van der Waals surface area contributed by atoms with Gasteiger partial charge in [0.05, 0.1) is 25.1 Å². The molecule has 41 heavy (non-hydrogen) atoms. The van der Waals surface area contributed by atoms with E-state index in [0.717, 1.165) is 9.80 Å². The summed E-state index contributed by atoms with van der Waals surface area (Å²) in [5, 5.41) is 14.0. The lowest BCUT2D eigenvalue weighted by Gasteiger charge is -2.27. The molecule has 0 spiro atoms. The van der Waals surface area contributed by atoms with Crippen LogP contribution in [0.1, 0.15) is 53.9 Å². The quantitative estimate of drug-likeness (QED) is 0.0870. The number of rotatable bonds is 18. The highest BCUT2D eigenvalue weighted by Crippen LogP contribution is 2.22. The van der Waals surface area contributed by atoms with Gasteiger partial charge in [-0.2, -0.15) is 11.8 Å². The first kappa shape index (κ1) is 40.5. The highest BCUT2D eigenvalue weighted by Gasteiger charge is 2.37. The molecule has 1 heterocycles. The molecule has 238 valence electrons. The van der Waals surface area contributed by atoms with Crippen molar-refractivity contribution in [2.75, 3.05) is 59.4 Å². The molecule has 0 saturated carbocycles. The molecule has 0 aromatic rings. The van der Waals surface area contributed by atoms with Gasteiger partial charge in [-0.3, -0.25) is 33.7 Å². The topological polar surface area (TPSA) is 198 Å². The van der Waals surface area contributed by atoms with Gasteiger partial charge in [-0.25, -0.2) is 0 Å². The summed E-state index contributed by atoms with van der Waals surface area (Å²) in [5.74, 6) is -2.42. The van der Waals surface area contributed by atoms with Crippen molar-refractivity contribution >= 4 is 47.1 Å². The second-order valence-corrected chi connectivity index (χ2v) is 9.30. The molecule has 1 aliphatic rings. The predicted octanol–water partition coefficient (Wildman–Crippen LogP) is -0.732. The maximum Gasteiger partial charge on any atom is 0.249 e. The predicted molar refractivity (Wildman–Crippen MR) is 156 cm³/mol. The van der Waals surface area contributed by atoms with E-state index in [1.807, 2.05) is 27.7 Å². The molecule has 1 saturated heterocycles. The number of hydrogen-bond donors (Lipinski definition) is 4. The van der Waals surface area contributed by atoms with Gasteiger partial charge in [-0.05, 0) is 13.2 Å². The lowest BCUT2D eigenvalue weighted by Crippen LogP contribution is -2.53. The SMILES string of the molecule is CC.CC.CSC1CC(=O)N(CCC(=O)NCCOCCOCC(=O)N(C)C(CC(C)=O)C(=O)NC(O)CN)C1=O. The molecule has 3 atom stereocenters. The second-order valence-electron chi connectivity index (χ2n) is 8.26. The Hall–Kier alpha value is -2.59. The number of nitrogens with two attached hydrogens (primary N) is 1. The van der Waals surface area contributed by atoms with Gasteiger partial charge in [-0.15, -0.1) is 0 Å². The van der Waals surface area contributed by atoms with E-state index in [1.165, 1.54) is 25.7 Å². The molecule has 1 rings (SSSR count). The van der Waals surface area contributed by atoms with Crippen LogP contribution in [0.4, 0.5) is 0 Å². The van der Waals surface area contributed by atoms with Gasteiger partial charge >= 0.3 is 0 Å². The maximum absolute atomic E-state index is 12.4. The summed E-state index contributed by atoms with van der Waals surface area (Å²) in [6, 6.07) is -1.12. The first-order chi connectivity index (χ1) is 19.5. The van der Waals surface area contributed by atoms with Crippen LogP contribution < -0.4 is 16.4 Å². The summed E-state index contributed by atoms with van der Waals surface area (Å²) in [6.07, 6.45) is 0.397. The molecule has 1 fully saturated rings. The summed E-state index contributed by atoms with van der Waals surface area (Å²) in [7, 11) is 1.35. The number of amides is 5. The zero-order chi connectivity index (χ0) is 32.0. The minimum absolute atomic E-state index is 0.00511. The van der Waals surface area contributed by atoms with Crippen LogP contribution in [-0.2, 0) is 38.2 Å². The minimum Gasteiger partial charge on any atom is -0.377 e.